The van der Waals surface area contributed by atoms with Gasteiger partial charge in [-0.05, 0) is 107 Å². The van der Waals surface area contributed by atoms with Crippen molar-refractivity contribution in [2.45, 2.75) is 104 Å². The summed E-state index contributed by atoms with van der Waals surface area (Å²) in [6.07, 6.45) is 5.35. The molecule has 2 saturated carbocycles. The third-order valence-corrected chi connectivity index (χ3v) is 8.50. The maximum absolute atomic E-state index is 13.6. The zero-order chi connectivity index (χ0) is 22.8. The summed E-state index contributed by atoms with van der Waals surface area (Å²) in [5, 5.41) is 3.33. The Kier molecular flexibility index (Phi) is 6.00. The molecule has 2 aliphatic carbocycles. The van der Waals surface area contributed by atoms with E-state index in [0.717, 1.165) is 25.7 Å². The van der Waals surface area contributed by atoms with E-state index < -0.39 is 0 Å². The van der Waals surface area contributed by atoms with Crippen molar-refractivity contribution in [2.75, 3.05) is 20.6 Å². The van der Waals surface area contributed by atoms with Crippen LogP contribution in [0.5, 0.6) is 0 Å². The molecule has 30 heavy (non-hydrogen) atoms. The van der Waals surface area contributed by atoms with Crippen LogP contribution in [0.2, 0.25) is 6.32 Å². The summed E-state index contributed by atoms with van der Waals surface area (Å²) in [4.78, 5) is 15.9. The van der Waals surface area contributed by atoms with Gasteiger partial charge in [-0.2, -0.15) is 0 Å². The van der Waals surface area contributed by atoms with Crippen LogP contribution in [0.4, 0.5) is 0 Å². The van der Waals surface area contributed by atoms with E-state index in [1.165, 1.54) is 12.8 Å². The van der Waals surface area contributed by atoms with Crippen LogP contribution < -0.4 is 5.32 Å². The zero-order valence-electron chi connectivity index (χ0n) is 21.1. The molecule has 0 aromatic carbocycles. The Bertz CT molecular complexity index is 656. The minimum atomic E-state index is -0.314. The van der Waals surface area contributed by atoms with Crippen LogP contribution in [0.3, 0.4) is 0 Å². The van der Waals surface area contributed by atoms with Crippen LogP contribution in [-0.2, 0) is 14.1 Å². The molecule has 0 radical (unpaired) electrons. The molecule has 3 rings (SSSR count). The quantitative estimate of drug-likeness (QED) is 0.622. The molecular formula is C24H45BN2O3. The second-order valence-electron chi connectivity index (χ2n) is 12.8. The van der Waals surface area contributed by atoms with Gasteiger partial charge in [-0.1, -0.05) is 6.42 Å². The first kappa shape index (κ1) is 24.1. The van der Waals surface area contributed by atoms with Gasteiger partial charge >= 0.3 is 7.12 Å². The van der Waals surface area contributed by atoms with E-state index in [1.54, 1.807) is 0 Å². The Morgan fingerprint density at radius 2 is 1.67 bits per heavy atom. The average molecular weight is 420 g/mol. The van der Waals surface area contributed by atoms with Crippen molar-refractivity contribution in [2.24, 2.45) is 22.7 Å². The van der Waals surface area contributed by atoms with Gasteiger partial charge in [0.05, 0.1) is 16.6 Å². The van der Waals surface area contributed by atoms with Gasteiger partial charge in [0.1, 0.15) is 0 Å². The molecule has 0 spiro atoms. The van der Waals surface area contributed by atoms with Crippen molar-refractivity contribution in [3.05, 3.63) is 0 Å². The molecule has 1 N–H and O–H groups in total. The van der Waals surface area contributed by atoms with Gasteiger partial charge in [0.2, 0.25) is 5.91 Å². The van der Waals surface area contributed by atoms with Crippen molar-refractivity contribution < 1.29 is 14.1 Å². The van der Waals surface area contributed by atoms with Crippen LogP contribution in [0.25, 0.3) is 0 Å². The van der Waals surface area contributed by atoms with Crippen LogP contribution >= 0.6 is 0 Å². The van der Waals surface area contributed by atoms with E-state index in [2.05, 4.69) is 79.7 Å². The summed E-state index contributed by atoms with van der Waals surface area (Å²) in [5.41, 5.74) is -0.946. The Morgan fingerprint density at radius 3 is 2.17 bits per heavy atom. The fourth-order valence-corrected chi connectivity index (χ4v) is 6.14. The lowest BCUT2D eigenvalue weighted by atomic mass is 9.65. The second kappa shape index (κ2) is 7.49. The van der Waals surface area contributed by atoms with Crippen LogP contribution in [0.1, 0.15) is 81.1 Å². The molecule has 0 aromatic heterocycles. The SMILES string of the molecule is CN(C)C[C@@]12C[C@@H]1CC(CCCB1OC(C)(C)C(C)(C)O1)C2(C)C(=O)NC(C)(C)C. The molecule has 1 saturated heterocycles. The number of amides is 1. The van der Waals surface area contributed by atoms with E-state index in [4.69, 9.17) is 9.31 Å². The zero-order valence-corrected chi connectivity index (χ0v) is 21.1. The molecule has 3 fully saturated rings. The third-order valence-electron chi connectivity index (χ3n) is 8.50. The van der Waals surface area contributed by atoms with Crippen molar-refractivity contribution in [1.82, 2.24) is 10.2 Å². The summed E-state index contributed by atoms with van der Waals surface area (Å²) < 4.78 is 12.4. The van der Waals surface area contributed by atoms with Gasteiger partial charge in [-0.25, -0.2) is 0 Å². The van der Waals surface area contributed by atoms with Crippen molar-refractivity contribution >= 4 is 13.0 Å². The molecule has 5 nitrogen and oxygen atoms in total. The molecular weight excluding hydrogens is 375 g/mol. The van der Waals surface area contributed by atoms with Crippen LogP contribution in [-0.4, -0.2) is 55.3 Å². The number of hydrogen-bond acceptors (Lipinski definition) is 4. The minimum Gasteiger partial charge on any atom is -0.403 e. The highest BCUT2D eigenvalue weighted by molar-refractivity contribution is 6.45. The third kappa shape index (κ3) is 4.09. The predicted octanol–water partition coefficient (Wildman–Crippen LogP) is 4.37. The van der Waals surface area contributed by atoms with E-state index in [0.29, 0.717) is 11.8 Å². The number of nitrogens with one attached hydrogen (secondary N) is 1. The first-order valence-corrected chi connectivity index (χ1v) is 11.9. The number of rotatable bonds is 7. The number of carbonyl (C=O) groups excluding carboxylic acids is 1. The normalized spacial score (nSPS) is 36.8. The Labute approximate surface area is 185 Å². The Morgan fingerprint density at radius 1 is 1.10 bits per heavy atom. The molecule has 1 amide bonds. The number of carbonyl (C=O) groups is 1. The lowest BCUT2D eigenvalue weighted by Gasteiger charge is -2.42. The molecule has 4 atom stereocenters. The first-order valence-electron chi connectivity index (χ1n) is 11.9. The molecule has 0 bridgehead atoms. The molecule has 2 unspecified atom stereocenters. The number of fused-ring (bicyclic) bond motifs is 1. The number of hydrogen-bond donors (Lipinski definition) is 1. The predicted molar refractivity (Wildman–Crippen MR) is 123 cm³/mol. The van der Waals surface area contributed by atoms with Gasteiger partial charge in [0.15, 0.2) is 0 Å². The average Bonchev–Trinajstić information content (AvgIpc) is 3.10. The highest BCUT2D eigenvalue weighted by atomic mass is 16.7. The summed E-state index contributed by atoms with van der Waals surface area (Å²) in [7, 11) is 4.13. The Hall–Kier alpha value is -0.585. The molecule has 1 heterocycles. The topological polar surface area (TPSA) is 50.8 Å². The van der Waals surface area contributed by atoms with Crippen molar-refractivity contribution in [1.29, 1.82) is 0 Å². The van der Waals surface area contributed by atoms with Crippen molar-refractivity contribution in [3.8, 4) is 0 Å². The fraction of sp³-hybridized carbons (Fsp3) is 0.958. The first-order chi connectivity index (χ1) is 13.5. The summed E-state index contributed by atoms with van der Waals surface area (Å²) in [5.74, 6) is 1.34. The maximum Gasteiger partial charge on any atom is 0.457 e. The van der Waals surface area contributed by atoms with E-state index in [9.17, 15) is 4.79 Å². The molecule has 0 aromatic rings. The van der Waals surface area contributed by atoms with Gasteiger partial charge < -0.3 is 19.5 Å². The second-order valence-corrected chi connectivity index (χ2v) is 12.8. The lowest BCUT2D eigenvalue weighted by Crippen LogP contribution is -2.54. The number of nitrogens with zero attached hydrogens (tertiary/aromatic N) is 1. The fourth-order valence-electron chi connectivity index (χ4n) is 6.14. The van der Waals surface area contributed by atoms with Crippen LogP contribution in [0, 0.1) is 22.7 Å². The Balaban J connectivity index is 1.69. The highest BCUT2D eigenvalue weighted by Gasteiger charge is 2.74. The molecule has 6 heteroatoms. The molecule has 3 aliphatic rings. The lowest BCUT2D eigenvalue weighted by molar-refractivity contribution is -0.139. The largest absolute Gasteiger partial charge is 0.457 e. The summed E-state index contributed by atoms with van der Waals surface area (Å²) >= 11 is 0. The standard InChI is InChI=1S/C24H45BN2O3/c1-20(2,3)26-19(28)23(8)17(14-18-15-24(18,23)16-27(9)10)12-11-13-25-29-21(4,5)22(6,7)30-25/h17-18H,11-16H2,1-10H3,(H,26,28)/t17?,18-,23?,24-/m0/s1. The maximum atomic E-state index is 13.6. The van der Waals surface area contributed by atoms with E-state index >= 15 is 0 Å². The molecule has 1 aliphatic heterocycles. The van der Waals surface area contributed by atoms with Gasteiger partial charge in [-0.15, -0.1) is 0 Å². The monoisotopic (exact) mass is 420 g/mol. The van der Waals surface area contributed by atoms with E-state index in [1.807, 2.05) is 0 Å². The smallest absolute Gasteiger partial charge is 0.403 e. The highest BCUT2D eigenvalue weighted by Crippen LogP contribution is 2.75. The van der Waals surface area contributed by atoms with Gasteiger partial charge in [0.25, 0.3) is 0 Å². The molecule has 172 valence electrons. The van der Waals surface area contributed by atoms with Gasteiger partial charge in [-0.3, -0.25) is 4.79 Å². The summed E-state index contributed by atoms with van der Waals surface area (Å²) in [6.45, 7) is 17.9. The van der Waals surface area contributed by atoms with E-state index in [-0.39, 0.29) is 40.6 Å². The van der Waals surface area contributed by atoms with Gasteiger partial charge in [0, 0.05) is 17.5 Å². The summed E-state index contributed by atoms with van der Waals surface area (Å²) in [6, 6.07) is 0. The minimum absolute atomic E-state index is 0.126. The van der Waals surface area contributed by atoms with Crippen LogP contribution in [0.15, 0.2) is 0 Å². The van der Waals surface area contributed by atoms with Crippen molar-refractivity contribution in [3.63, 3.8) is 0 Å².